The summed E-state index contributed by atoms with van der Waals surface area (Å²) >= 11 is 0. The molecule has 1 nitrogen and oxygen atoms in total. The van der Waals surface area contributed by atoms with E-state index in [4.69, 9.17) is 0 Å². The molecule has 0 spiro atoms. The Morgan fingerprint density at radius 3 is 2.15 bits per heavy atom. The highest BCUT2D eigenvalue weighted by Gasteiger charge is 2.02. The fourth-order valence-electron chi connectivity index (χ4n) is 2.24. The van der Waals surface area contributed by atoms with E-state index in [1.165, 1.54) is 22.3 Å². The average molecular weight is 267 g/mol. The van der Waals surface area contributed by atoms with Gasteiger partial charge in [-0.15, -0.1) is 0 Å². The number of nitrogens with one attached hydrogen (secondary N) is 1. The molecular formula is C19H25N. The van der Waals surface area contributed by atoms with Crippen LogP contribution in [0.5, 0.6) is 0 Å². The van der Waals surface area contributed by atoms with E-state index in [2.05, 4.69) is 81.5 Å². The molecule has 1 N–H and O–H groups in total. The lowest BCUT2D eigenvalue weighted by molar-refractivity contribution is 0.589. The molecule has 0 saturated heterocycles. The molecule has 0 fully saturated rings. The largest absolute Gasteiger partial charge is 0.310 e. The fourth-order valence-corrected chi connectivity index (χ4v) is 2.24. The predicted octanol–water partition coefficient (Wildman–Crippen LogP) is 4.98. The first kappa shape index (κ1) is 14.8. The minimum Gasteiger partial charge on any atom is -0.310 e. The first-order valence-electron chi connectivity index (χ1n) is 7.49. The molecule has 2 aromatic carbocycles. The van der Waals surface area contributed by atoms with Crippen LogP contribution >= 0.6 is 0 Å². The zero-order valence-corrected chi connectivity index (χ0v) is 13.0. The highest BCUT2D eigenvalue weighted by atomic mass is 14.9. The van der Waals surface area contributed by atoms with E-state index in [1.807, 2.05) is 0 Å². The van der Waals surface area contributed by atoms with E-state index in [9.17, 15) is 0 Å². The van der Waals surface area contributed by atoms with Gasteiger partial charge in [-0.25, -0.2) is 0 Å². The van der Waals surface area contributed by atoms with Gasteiger partial charge in [0, 0.05) is 12.6 Å². The minimum atomic E-state index is 0.518. The zero-order chi connectivity index (χ0) is 14.5. The third-order valence-electron chi connectivity index (χ3n) is 3.55. The smallest absolute Gasteiger partial charge is 0.0208 e. The van der Waals surface area contributed by atoms with Crippen molar-refractivity contribution in [2.24, 2.45) is 0 Å². The van der Waals surface area contributed by atoms with Gasteiger partial charge in [-0.1, -0.05) is 70.2 Å². The second-order valence-corrected chi connectivity index (χ2v) is 6.01. The van der Waals surface area contributed by atoms with Crippen molar-refractivity contribution in [1.82, 2.24) is 5.32 Å². The summed E-state index contributed by atoms with van der Waals surface area (Å²) in [6.45, 7) is 9.74. The van der Waals surface area contributed by atoms with Crippen LogP contribution in [0.25, 0.3) is 11.1 Å². The Morgan fingerprint density at radius 1 is 0.850 bits per heavy atom. The number of benzene rings is 2. The Bertz CT molecular complexity index is 538. The van der Waals surface area contributed by atoms with Gasteiger partial charge in [0.25, 0.3) is 0 Å². The summed E-state index contributed by atoms with van der Waals surface area (Å²) in [5.41, 5.74) is 5.32. The van der Waals surface area contributed by atoms with Gasteiger partial charge in [0.15, 0.2) is 0 Å². The van der Waals surface area contributed by atoms with E-state index >= 15 is 0 Å². The molecule has 0 aliphatic heterocycles. The van der Waals surface area contributed by atoms with E-state index in [-0.39, 0.29) is 0 Å². The molecule has 0 saturated carbocycles. The lowest BCUT2D eigenvalue weighted by Crippen LogP contribution is -2.21. The Morgan fingerprint density at radius 2 is 1.55 bits per heavy atom. The molecule has 0 aromatic heterocycles. The van der Waals surface area contributed by atoms with Gasteiger partial charge < -0.3 is 5.32 Å². The van der Waals surface area contributed by atoms with Gasteiger partial charge in [0.2, 0.25) is 0 Å². The van der Waals surface area contributed by atoms with E-state index in [1.54, 1.807) is 0 Å². The minimum absolute atomic E-state index is 0.518. The van der Waals surface area contributed by atoms with E-state index < -0.39 is 0 Å². The number of hydrogen-bond donors (Lipinski definition) is 1. The maximum Gasteiger partial charge on any atom is 0.0208 e. The molecule has 0 radical (unpaired) electrons. The molecule has 0 heterocycles. The molecule has 106 valence electrons. The molecule has 0 aliphatic carbocycles. The maximum atomic E-state index is 3.46. The quantitative estimate of drug-likeness (QED) is 0.806. The topological polar surface area (TPSA) is 12.0 Å². The van der Waals surface area contributed by atoms with Gasteiger partial charge in [-0.05, 0) is 34.2 Å². The molecule has 0 bridgehead atoms. The van der Waals surface area contributed by atoms with Crippen molar-refractivity contribution in [1.29, 1.82) is 0 Å². The summed E-state index contributed by atoms with van der Waals surface area (Å²) in [6.07, 6.45) is 0. The van der Waals surface area contributed by atoms with Crippen LogP contribution < -0.4 is 5.32 Å². The third-order valence-corrected chi connectivity index (χ3v) is 3.55. The van der Waals surface area contributed by atoms with Crippen LogP contribution in [0.3, 0.4) is 0 Å². The second-order valence-electron chi connectivity index (χ2n) is 6.01. The molecule has 1 heteroatoms. The highest BCUT2D eigenvalue weighted by Crippen LogP contribution is 2.23. The van der Waals surface area contributed by atoms with Crippen molar-refractivity contribution in [3.05, 3.63) is 59.7 Å². The first-order chi connectivity index (χ1) is 9.56. The van der Waals surface area contributed by atoms with Crippen molar-refractivity contribution in [2.45, 2.75) is 46.2 Å². The van der Waals surface area contributed by atoms with Crippen LogP contribution in [0.4, 0.5) is 0 Å². The van der Waals surface area contributed by atoms with Crippen LogP contribution in [0, 0.1) is 0 Å². The Balaban J connectivity index is 2.17. The normalized spacial score (nSPS) is 11.3. The Kier molecular flexibility index (Phi) is 4.97. The van der Waals surface area contributed by atoms with Gasteiger partial charge >= 0.3 is 0 Å². The summed E-state index contributed by atoms with van der Waals surface area (Å²) in [6, 6.07) is 18.2. The summed E-state index contributed by atoms with van der Waals surface area (Å²) in [5.74, 6) is 0.589. The van der Waals surface area contributed by atoms with Gasteiger partial charge in [-0.2, -0.15) is 0 Å². The average Bonchev–Trinajstić information content (AvgIpc) is 2.45. The molecule has 2 aromatic rings. The molecule has 20 heavy (non-hydrogen) atoms. The lowest BCUT2D eigenvalue weighted by Gasteiger charge is -2.10. The van der Waals surface area contributed by atoms with Gasteiger partial charge in [-0.3, -0.25) is 0 Å². The molecular weight excluding hydrogens is 242 g/mol. The third kappa shape index (κ3) is 3.94. The van der Waals surface area contributed by atoms with Crippen LogP contribution in [-0.4, -0.2) is 6.04 Å². The summed E-state index contributed by atoms with van der Waals surface area (Å²) < 4.78 is 0. The summed E-state index contributed by atoms with van der Waals surface area (Å²) in [4.78, 5) is 0. The Labute approximate surface area is 123 Å². The maximum absolute atomic E-state index is 3.46. The SMILES string of the molecule is CC(C)NCc1cccc(-c2ccc(C(C)C)cc2)c1. The fraction of sp³-hybridized carbons (Fsp3) is 0.368. The molecule has 0 atom stereocenters. The van der Waals surface area contributed by atoms with Crippen LogP contribution in [0.15, 0.2) is 48.5 Å². The van der Waals surface area contributed by atoms with Crippen LogP contribution in [0.1, 0.15) is 44.7 Å². The Hall–Kier alpha value is -1.60. The van der Waals surface area contributed by atoms with Crippen LogP contribution in [0.2, 0.25) is 0 Å². The number of hydrogen-bond acceptors (Lipinski definition) is 1. The van der Waals surface area contributed by atoms with Gasteiger partial charge in [0.1, 0.15) is 0 Å². The molecule has 0 amide bonds. The monoisotopic (exact) mass is 267 g/mol. The number of rotatable bonds is 5. The molecule has 0 aliphatic rings. The van der Waals surface area contributed by atoms with Crippen molar-refractivity contribution < 1.29 is 0 Å². The summed E-state index contributed by atoms with van der Waals surface area (Å²) in [7, 11) is 0. The highest BCUT2D eigenvalue weighted by molar-refractivity contribution is 5.64. The lowest BCUT2D eigenvalue weighted by atomic mass is 9.98. The standard InChI is InChI=1S/C19H25N/c1-14(2)17-8-10-18(11-9-17)19-7-5-6-16(12-19)13-20-15(3)4/h5-12,14-15,20H,13H2,1-4H3. The van der Waals surface area contributed by atoms with Gasteiger partial charge in [0.05, 0.1) is 0 Å². The molecule has 2 rings (SSSR count). The van der Waals surface area contributed by atoms with E-state index in [0.717, 1.165) is 6.54 Å². The van der Waals surface area contributed by atoms with Crippen molar-refractivity contribution in [3.63, 3.8) is 0 Å². The first-order valence-corrected chi connectivity index (χ1v) is 7.49. The summed E-state index contributed by atoms with van der Waals surface area (Å²) in [5, 5.41) is 3.46. The van der Waals surface area contributed by atoms with E-state index in [0.29, 0.717) is 12.0 Å². The van der Waals surface area contributed by atoms with Crippen molar-refractivity contribution >= 4 is 0 Å². The predicted molar refractivity (Wildman–Crippen MR) is 87.9 cm³/mol. The van der Waals surface area contributed by atoms with Crippen LogP contribution in [-0.2, 0) is 6.54 Å². The van der Waals surface area contributed by atoms with Crippen molar-refractivity contribution in [3.8, 4) is 11.1 Å². The molecule has 0 unspecified atom stereocenters. The van der Waals surface area contributed by atoms with Crippen molar-refractivity contribution in [2.75, 3.05) is 0 Å². The zero-order valence-electron chi connectivity index (χ0n) is 13.0. The second kappa shape index (κ2) is 6.71.